The van der Waals surface area contributed by atoms with Gasteiger partial charge < -0.3 is 18.8 Å². The fraction of sp³-hybridized carbons (Fsp3) is 0.429. The molecule has 0 saturated heterocycles. The maximum atomic E-state index is 12.6. The molecule has 1 atom stereocenters. The van der Waals surface area contributed by atoms with Gasteiger partial charge in [0.1, 0.15) is 18.1 Å². The standard InChI is InChI=1S/C28H35ClN3O4/c1-18(15-21-12-13-24(35-5)28(36-6)27(21)29)11-14-26(33)30-16-25-31-19(2)20(3)32(25)17-22-9-7-8-10-23(22)34-4/h7-10,12-13,18H,11,14-17H2,1-6H3. The van der Waals surface area contributed by atoms with Gasteiger partial charge in [-0.05, 0) is 50.3 Å². The second-order valence-electron chi connectivity index (χ2n) is 8.93. The summed E-state index contributed by atoms with van der Waals surface area (Å²) in [4.78, 5) is 17.3. The molecule has 1 aromatic heterocycles. The number of nitrogens with zero attached hydrogens (tertiary/aromatic N) is 3. The van der Waals surface area contributed by atoms with Gasteiger partial charge in [-0.25, -0.2) is 10.3 Å². The number of ether oxygens (including phenoxy) is 3. The van der Waals surface area contributed by atoms with Gasteiger partial charge in [0.25, 0.3) is 0 Å². The third-order valence-corrected chi connectivity index (χ3v) is 6.85. The lowest BCUT2D eigenvalue weighted by Gasteiger charge is -2.16. The summed E-state index contributed by atoms with van der Waals surface area (Å²) in [6.45, 7) is 6.97. The smallest absolute Gasteiger partial charge is 0.241 e. The van der Waals surface area contributed by atoms with Crippen LogP contribution in [0.2, 0.25) is 5.02 Å². The van der Waals surface area contributed by atoms with Crippen LogP contribution in [0.4, 0.5) is 0 Å². The van der Waals surface area contributed by atoms with Gasteiger partial charge in [-0.15, -0.1) is 0 Å². The van der Waals surface area contributed by atoms with Crippen LogP contribution in [-0.4, -0.2) is 36.8 Å². The number of carbonyl (C=O) groups is 1. The molecule has 3 rings (SSSR count). The van der Waals surface area contributed by atoms with Gasteiger partial charge in [0.15, 0.2) is 11.5 Å². The molecule has 0 saturated carbocycles. The highest BCUT2D eigenvalue weighted by atomic mass is 35.5. The molecule has 0 aliphatic rings. The van der Waals surface area contributed by atoms with Gasteiger partial charge in [0.2, 0.25) is 5.91 Å². The number of hydrogen-bond donors (Lipinski definition) is 0. The monoisotopic (exact) mass is 512 g/mol. The number of aromatic nitrogens is 2. The van der Waals surface area contributed by atoms with Crippen molar-refractivity contribution in [1.29, 1.82) is 0 Å². The number of aryl methyl sites for hydroxylation is 1. The zero-order valence-corrected chi connectivity index (χ0v) is 22.7. The topological polar surface area (TPSA) is 76.7 Å². The molecule has 193 valence electrons. The van der Waals surface area contributed by atoms with Crippen LogP contribution in [0.15, 0.2) is 36.4 Å². The Labute approximate surface area is 218 Å². The minimum Gasteiger partial charge on any atom is -0.496 e. The molecule has 7 nitrogen and oxygen atoms in total. The molecule has 0 aliphatic heterocycles. The second kappa shape index (κ2) is 12.7. The van der Waals surface area contributed by atoms with Crippen molar-refractivity contribution in [2.24, 2.45) is 5.92 Å². The van der Waals surface area contributed by atoms with Crippen molar-refractivity contribution in [3.8, 4) is 17.2 Å². The molecule has 36 heavy (non-hydrogen) atoms. The number of hydrogen-bond acceptors (Lipinski definition) is 5. The van der Waals surface area contributed by atoms with E-state index in [2.05, 4.69) is 21.8 Å². The third kappa shape index (κ3) is 6.52. The maximum absolute atomic E-state index is 12.6. The first kappa shape index (κ1) is 27.4. The lowest BCUT2D eigenvalue weighted by atomic mass is 9.96. The first-order chi connectivity index (χ1) is 17.3. The van der Waals surface area contributed by atoms with Crippen LogP contribution < -0.4 is 19.5 Å². The van der Waals surface area contributed by atoms with Crippen molar-refractivity contribution in [1.82, 2.24) is 14.9 Å². The molecule has 2 aromatic carbocycles. The Morgan fingerprint density at radius 2 is 1.75 bits per heavy atom. The van der Waals surface area contributed by atoms with Crippen LogP contribution in [-0.2, 0) is 24.3 Å². The Balaban J connectivity index is 1.57. The predicted octanol–water partition coefficient (Wildman–Crippen LogP) is 5.52. The summed E-state index contributed by atoms with van der Waals surface area (Å²) in [5.74, 6) is 2.85. The number of para-hydroxylation sites is 1. The summed E-state index contributed by atoms with van der Waals surface area (Å²) in [5.41, 5.74) is 4.01. The normalized spacial score (nSPS) is 11.8. The molecular formula is C28H35ClN3O4. The Morgan fingerprint density at radius 3 is 2.44 bits per heavy atom. The number of halogens is 1. The number of carbonyl (C=O) groups excluding carboxylic acids is 1. The van der Waals surface area contributed by atoms with E-state index in [4.69, 9.17) is 25.8 Å². The first-order valence-corrected chi connectivity index (χ1v) is 12.4. The van der Waals surface area contributed by atoms with Crippen molar-refractivity contribution in [2.75, 3.05) is 21.3 Å². The highest BCUT2D eigenvalue weighted by Gasteiger charge is 2.18. The lowest BCUT2D eigenvalue weighted by Crippen LogP contribution is -2.19. The first-order valence-electron chi connectivity index (χ1n) is 12.0. The average Bonchev–Trinajstić information content (AvgIpc) is 3.15. The largest absolute Gasteiger partial charge is 0.496 e. The zero-order valence-electron chi connectivity index (χ0n) is 21.9. The number of amides is 1. The van der Waals surface area contributed by atoms with Gasteiger partial charge in [-0.2, -0.15) is 0 Å². The Bertz CT molecular complexity index is 1190. The van der Waals surface area contributed by atoms with Crippen LogP contribution in [0, 0.1) is 19.8 Å². The fourth-order valence-electron chi connectivity index (χ4n) is 4.23. The molecule has 1 heterocycles. The molecule has 0 fully saturated rings. The zero-order chi connectivity index (χ0) is 26.2. The van der Waals surface area contributed by atoms with E-state index < -0.39 is 0 Å². The van der Waals surface area contributed by atoms with E-state index in [1.807, 2.05) is 50.2 Å². The lowest BCUT2D eigenvalue weighted by molar-refractivity contribution is -0.121. The number of benzene rings is 2. The minimum absolute atomic E-state index is 0.123. The van der Waals surface area contributed by atoms with Crippen molar-refractivity contribution in [3.63, 3.8) is 0 Å². The third-order valence-electron chi connectivity index (χ3n) is 6.44. The molecule has 0 bridgehead atoms. The SMILES string of the molecule is COc1ccccc1Cn1c(C[N]C(=O)CCC(C)Cc2ccc(OC)c(OC)c2Cl)nc(C)c1C. The quantitative estimate of drug-likeness (QED) is 0.319. The predicted molar refractivity (Wildman–Crippen MR) is 141 cm³/mol. The van der Waals surface area contributed by atoms with Crippen LogP contribution in [0.3, 0.4) is 0 Å². The van der Waals surface area contributed by atoms with Gasteiger partial charge in [0, 0.05) is 17.7 Å². The molecular weight excluding hydrogens is 478 g/mol. The fourth-order valence-corrected chi connectivity index (χ4v) is 4.54. The average molecular weight is 513 g/mol. The minimum atomic E-state index is -0.123. The van der Waals surface area contributed by atoms with E-state index in [1.165, 1.54) is 0 Å². The molecule has 0 N–H and O–H groups in total. The van der Waals surface area contributed by atoms with Gasteiger partial charge in [-0.3, -0.25) is 4.79 Å². The number of rotatable bonds is 12. The van der Waals surface area contributed by atoms with Crippen LogP contribution in [0.5, 0.6) is 17.2 Å². The molecule has 1 unspecified atom stereocenters. The van der Waals surface area contributed by atoms with Gasteiger partial charge in [0.05, 0.1) is 38.6 Å². The highest BCUT2D eigenvalue weighted by Crippen LogP contribution is 2.38. The summed E-state index contributed by atoms with van der Waals surface area (Å²) in [6.07, 6.45) is 1.81. The second-order valence-corrected chi connectivity index (χ2v) is 9.31. The van der Waals surface area contributed by atoms with Crippen molar-refractivity contribution in [3.05, 3.63) is 69.8 Å². The van der Waals surface area contributed by atoms with Gasteiger partial charge >= 0.3 is 0 Å². The van der Waals surface area contributed by atoms with E-state index in [1.54, 1.807) is 21.3 Å². The van der Waals surface area contributed by atoms with Gasteiger partial charge in [-0.1, -0.05) is 42.8 Å². The highest BCUT2D eigenvalue weighted by molar-refractivity contribution is 6.33. The summed E-state index contributed by atoms with van der Waals surface area (Å²) in [5, 5.41) is 4.87. The van der Waals surface area contributed by atoms with E-state index in [-0.39, 0.29) is 18.4 Å². The van der Waals surface area contributed by atoms with E-state index >= 15 is 0 Å². The molecule has 0 aliphatic carbocycles. The van der Waals surface area contributed by atoms with Crippen LogP contribution in [0.25, 0.3) is 0 Å². The summed E-state index contributed by atoms with van der Waals surface area (Å²) in [7, 11) is 4.82. The van der Waals surface area contributed by atoms with Crippen molar-refractivity contribution in [2.45, 2.75) is 53.1 Å². The van der Waals surface area contributed by atoms with E-state index in [0.717, 1.165) is 40.5 Å². The number of methoxy groups -OCH3 is 3. The summed E-state index contributed by atoms with van der Waals surface area (Å²) >= 11 is 6.52. The summed E-state index contributed by atoms with van der Waals surface area (Å²) < 4.78 is 18.3. The Hall–Kier alpha value is -3.19. The van der Waals surface area contributed by atoms with Crippen LogP contribution >= 0.6 is 11.6 Å². The van der Waals surface area contributed by atoms with E-state index in [9.17, 15) is 4.79 Å². The summed E-state index contributed by atoms with van der Waals surface area (Å²) in [6, 6.07) is 11.7. The molecule has 1 amide bonds. The van der Waals surface area contributed by atoms with Crippen molar-refractivity contribution < 1.29 is 19.0 Å². The van der Waals surface area contributed by atoms with Crippen LogP contribution in [0.1, 0.15) is 48.1 Å². The molecule has 8 heteroatoms. The molecule has 0 spiro atoms. The maximum Gasteiger partial charge on any atom is 0.241 e. The Kier molecular flexibility index (Phi) is 9.65. The Morgan fingerprint density at radius 1 is 1.03 bits per heavy atom. The number of imidazole rings is 1. The van der Waals surface area contributed by atoms with E-state index in [0.29, 0.717) is 35.9 Å². The molecule has 3 aromatic rings. The molecule has 1 radical (unpaired) electrons. The van der Waals surface area contributed by atoms with Crippen molar-refractivity contribution >= 4 is 17.5 Å².